The quantitative estimate of drug-likeness (QED) is 0.633. The highest BCUT2D eigenvalue weighted by Crippen LogP contribution is 2.19. The second-order valence-corrected chi connectivity index (χ2v) is 4.77. The van der Waals surface area contributed by atoms with Gasteiger partial charge in [-0.15, -0.1) is 0 Å². The van der Waals surface area contributed by atoms with Crippen molar-refractivity contribution in [2.45, 2.75) is 6.42 Å². The van der Waals surface area contributed by atoms with Crippen LogP contribution in [0.15, 0.2) is 24.3 Å². The van der Waals surface area contributed by atoms with Crippen molar-refractivity contribution < 1.29 is 4.74 Å². The minimum absolute atomic E-state index is 0.843. The first kappa shape index (κ1) is 13.2. The molecule has 1 aliphatic rings. The van der Waals surface area contributed by atoms with Gasteiger partial charge in [0, 0.05) is 57.8 Å². The van der Waals surface area contributed by atoms with Gasteiger partial charge in [0.1, 0.15) is 0 Å². The third-order valence-electron chi connectivity index (χ3n) is 3.43. The van der Waals surface area contributed by atoms with Gasteiger partial charge in [-0.1, -0.05) is 6.07 Å². The van der Waals surface area contributed by atoms with Gasteiger partial charge < -0.3 is 15.4 Å². The summed E-state index contributed by atoms with van der Waals surface area (Å²) in [6.07, 6.45) is 1.12. The number of hydrogen-bond acceptors (Lipinski definition) is 4. The predicted octanol–water partition coefficient (Wildman–Crippen LogP) is 1.43. The standard InChI is InChI=1S/C14H23N3O/c1-18-11-3-6-16-7-9-17(10-8-16)14-5-2-4-13(15)12-14/h2,4-5,12H,3,6-11,15H2,1H3. The molecule has 1 aliphatic heterocycles. The fourth-order valence-corrected chi connectivity index (χ4v) is 2.38. The lowest BCUT2D eigenvalue weighted by Crippen LogP contribution is -2.46. The number of anilines is 2. The first-order valence-electron chi connectivity index (χ1n) is 6.61. The number of nitrogens with zero attached hydrogens (tertiary/aromatic N) is 2. The zero-order chi connectivity index (χ0) is 12.8. The highest BCUT2D eigenvalue weighted by molar-refractivity contribution is 5.56. The Hall–Kier alpha value is -1.26. The molecule has 0 spiro atoms. The Labute approximate surface area is 109 Å². The van der Waals surface area contributed by atoms with E-state index >= 15 is 0 Å². The molecule has 2 rings (SSSR count). The normalized spacial score (nSPS) is 17.1. The van der Waals surface area contributed by atoms with Crippen molar-refractivity contribution in [3.05, 3.63) is 24.3 Å². The molecule has 1 aromatic rings. The zero-order valence-corrected chi connectivity index (χ0v) is 11.1. The number of hydrogen-bond donors (Lipinski definition) is 1. The van der Waals surface area contributed by atoms with Crippen LogP contribution in [0, 0.1) is 0 Å². The summed E-state index contributed by atoms with van der Waals surface area (Å²) in [7, 11) is 1.76. The molecule has 0 radical (unpaired) electrons. The smallest absolute Gasteiger partial charge is 0.0474 e. The van der Waals surface area contributed by atoms with Crippen LogP contribution in [0.25, 0.3) is 0 Å². The van der Waals surface area contributed by atoms with Gasteiger partial charge in [0.25, 0.3) is 0 Å². The fourth-order valence-electron chi connectivity index (χ4n) is 2.38. The van der Waals surface area contributed by atoms with Gasteiger partial charge in [-0.2, -0.15) is 0 Å². The van der Waals surface area contributed by atoms with Crippen LogP contribution in [0.3, 0.4) is 0 Å². The van der Waals surface area contributed by atoms with E-state index in [-0.39, 0.29) is 0 Å². The maximum atomic E-state index is 5.82. The van der Waals surface area contributed by atoms with Crippen LogP contribution in [0.4, 0.5) is 11.4 Å². The number of ether oxygens (including phenoxy) is 1. The van der Waals surface area contributed by atoms with E-state index in [1.807, 2.05) is 12.1 Å². The van der Waals surface area contributed by atoms with Crippen molar-refractivity contribution in [2.75, 3.05) is 57.1 Å². The highest BCUT2D eigenvalue weighted by Gasteiger charge is 2.16. The van der Waals surface area contributed by atoms with E-state index in [1.54, 1.807) is 7.11 Å². The minimum atomic E-state index is 0.843. The average molecular weight is 249 g/mol. The molecule has 0 amide bonds. The number of piperazine rings is 1. The van der Waals surface area contributed by atoms with Crippen LogP contribution < -0.4 is 10.6 Å². The van der Waals surface area contributed by atoms with Gasteiger partial charge in [0.15, 0.2) is 0 Å². The van der Waals surface area contributed by atoms with Crippen LogP contribution in [0.1, 0.15) is 6.42 Å². The van der Waals surface area contributed by atoms with Crippen LogP contribution in [-0.2, 0) is 4.74 Å². The van der Waals surface area contributed by atoms with Crippen LogP contribution in [-0.4, -0.2) is 51.3 Å². The minimum Gasteiger partial charge on any atom is -0.399 e. The Morgan fingerprint density at radius 3 is 2.67 bits per heavy atom. The Morgan fingerprint density at radius 2 is 2.00 bits per heavy atom. The SMILES string of the molecule is COCCCN1CCN(c2cccc(N)c2)CC1. The van der Waals surface area contributed by atoms with Crippen molar-refractivity contribution in [1.82, 2.24) is 4.90 Å². The Kier molecular flexibility index (Phi) is 4.84. The predicted molar refractivity (Wildman–Crippen MR) is 76.0 cm³/mol. The summed E-state index contributed by atoms with van der Waals surface area (Å²) in [5.74, 6) is 0. The van der Waals surface area contributed by atoms with E-state index in [4.69, 9.17) is 10.5 Å². The van der Waals surface area contributed by atoms with Gasteiger partial charge in [0.05, 0.1) is 0 Å². The second-order valence-electron chi connectivity index (χ2n) is 4.77. The summed E-state index contributed by atoms with van der Waals surface area (Å²) >= 11 is 0. The molecule has 1 heterocycles. The summed E-state index contributed by atoms with van der Waals surface area (Å²) in [5.41, 5.74) is 7.91. The van der Waals surface area contributed by atoms with E-state index in [0.717, 1.165) is 51.4 Å². The molecule has 1 fully saturated rings. The van der Waals surface area contributed by atoms with Crippen LogP contribution >= 0.6 is 0 Å². The third-order valence-corrected chi connectivity index (χ3v) is 3.43. The first-order chi connectivity index (χ1) is 8.79. The summed E-state index contributed by atoms with van der Waals surface area (Å²) in [4.78, 5) is 4.91. The Bertz CT molecular complexity index is 362. The average Bonchev–Trinajstić information content (AvgIpc) is 2.40. The molecular weight excluding hydrogens is 226 g/mol. The topological polar surface area (TPSA) is 41.7 Å². The maximum Gasteiger partial charge on any atom is 0.0474 e. The molecule has 100 valence electrons. The zero-order valence-electron chi connectivity index (χ0n) is 11.1. The molecule has 0 saturated carbocycles. The Balaban J connectivity index is 1.79. The van der Waals surface area contributed by atoms with E-state index in [0.29, 0.717) is 0 Å². The van der Waals surface area contributed by atoms with E-state index in [9.17, 15) is 0 Å². The van der Waals surface area contributed by atoms with Crippen molar-refractivity contribution in [3.8, 4) is 0 Å². The largest absolute Gasteiger partial charge is 0.399 e. The highest BCUT2D eigenvalue weighted by atomic mass is 16.5. The van der Waals surface area contributed by atoms with Crippen molar-refractivity contribution in [2.24, 2.45) is 0 Å². The third kappa shape index (κ3) is 3.62. The fraction of sp³-hybridized carbons (Fsp3) is 0.571. The lowest BCUT2D eigenvalue weighted by atomic mass is 10.2. The molecule has 0 atom stereocenters. The van der Waals surface area contributed by atoms with Gasteiger partial charge in [-0.3, -0.25) is 4.90 Å². The molecule has 1 saturated heterocycles. The Morgan fingerprint density at radius 1 is 1.22 bits per heavy atom. The summed E-state index contributed by atoms with van der Waals surface area (Å²) in [6.45, 7) is 6.40. The van der Waals surface area contributed by atoms with Gasteiger partial charge in [-0.05, 0) is 24.6 Å². The lowest BCUT2D eigenvalue weighted by Gasteiger charge is -2.36. The number of rotatable bonds is 5. The molecule has 4 heteroatoms. The van der Waals surface area contributed by atoms with E-state index in [1.165, 1.54) is 5.69 Å². The number of nitrogen functional groups attached to an aromatic ring is 1. The first-order valence-corrected chi connectivity index (χ1v) is 6.61. The number of nitrogens with two attached hydrogens (primary N) is 1. The monoisotopic (exact) mass is 249 g/mol. The molecule has 4 nitrogen and oxygen atoms in total. The van der Waals surface area contributed by atoms with Gasteiger partial charge >= 0.3 is 0 Å². The number of methoxy groups -OCH3 is 1. The summed E-state index contributed by atoms with van der Waals surface area (Å²) in [6, 6.07) is 8.15. The number of benzene rings is 1. The van der Waals surface area contributed by atoms with Gasteiger partial charge in [0.2, 0.25) is 0 Å². The van der Waals surface area contributed by atoms with Crippen molar-refractivity contribution in [3.63, 3.8) is 0 Å². The van der Waals surface area contributed by atoms with Crippen molar-refractivity contribution in [1.29, 1.82) is 0 Å². The molecule has 0 aromatic heterocycles. The summed E-state index contributed by atoms with van der Waals surface area (Å²) in [5, 5.41) is 0. The van der Waals surface area contributed by atoms with Crippen molar-refractivity contribution >= 4 is 11.4 Å². The molecule has 1 aromatic carbocycles. The van der Waals surface area contributed by atoms with Gasteiger partial charge in [-0.25, -0.2) is 0 Å². The lowest BCUT2D eigenvalue weighted by molar-refractivity contribution is 0.169. The molecular formula is C14H23N3O. The molecule has 18 heavy (non-hydrogen) atoms. The van der Waals surface area contributed by atoms with E-state index < -0.39 is 0 Å². The van der Waals surface area contributed by atoms with Crippen LogP contribution in [0.5, 0.6) is 0 Å². The molecule has 2 N–H and O–H groups in total. The maximum absolute atomic E-state index is 5.82. The molecule has 0 aliphatic carbocycles. The molecule has 0 bridgehead atoms. The van der Waals surface area contributed by atoms with Crippen LogP contribution in [0.2, 0.25) is 0 Å². The second kappa shape index (κ2) is 6.61. The molecule has 0 unspecified atom stereocenters. The van der Waals surface area contributed by atoms with E-state index in [2.05, 4.69) is 21.9 Å². The summed E-state index contributed by atoms with van der Waals surface area (Å²) < 4.78 is 5.09.